The molecule has 1 aromatic rings. The van der Waals surface area contributed by atoms with Crippen LogP contribution >= 0.6 is 15.9 Å². The lowest BCUT2D eigenvalue weighted by atomic mass is 9.79. The Morgan fingerprint density at radius 3 is 2.68 bits per heavy atom. The molecule has 1 fully saturated rings. The molecule has 0 amide bonds. The summed E-state index contributed by atoms with van der Waals surface area (Å²) in [6, 6.07) is 3.45. The third-order valence-electron chi connectivity index (χ3n) is 4.72. The minimum Gasteiger partial charge on any atom is -0.458 e. The highest BCUT2D eigenvalue weighted by Gasteiger charge is 2.29. The maximum atomic E-state index is 11.7. The van der Waals surface area contributed by atoms with Crippen molar-refractivity contribution in [2.24, 2.45) is 0 Å². The van der Waals surface area contributed by atoms with Crippen LogP contribution in [-0.4, -0.2) is 11.5 Å². The van der Waals surface area contributed by atoms with Crippen molar-refractivity contribution in [1.29, 1.82) is 0 Å². The van der Waals surface area contributed by atoms with Crippen molar-refractivity contribution < 1.29 is 9.53 Å². The summed E-state index contributed by atoms with van der Waals surface area (Å²) in [5.41, 5.74) is 8.37. The van der Waals surface area contributed by atoms with Gasteiger partial charge in [-0.15, -0.1) is 0 Å². The minimum atomic E-state index is -0.454. The molecule has 5 heteroatoms. The highest BCUT2D eigenvalue weighted by atomic mass is 79.9. The first-order valence-electron chi connectivity index (χ1n) is 7.80. The summed E-state index contributed by atoms with van der Waals surface area (Å²) in [7, 11) is 3.18. The number of esters is 1. The first-order valence-corrected chi connectivity index (χ1v) is 8.60. The zero-order valence-corrected chi connectivity index (χ0v) is 14.7. The first-order chi connectivity index (χ1) is 10.5. The number of carbonyl (C=O) groups is 1. The van der Waals surface area contributed by atoms with Crippen LogP contribution in [0, 0.1) is 7.11 Å². The van der Waals surface area contributed by atoms with Gasteiger partial charge in [-0.3, -0.25) is 0 Å². The molecule has 1 radical (unpaired) electrons. The minimum absolute atomic E-state index is 0.194. The van der Waals surface area contributed by atoms with Crippen LogP contribution in [0.25, 0.3) is 0 Å². The summed E-state index contributed by atoms with van der Waals surface area (Å²) in [6.45, 7) is 2.88. The summed E-state index contributed by atoms with van der Waals surface area (Å²) >= 11 is 3.41. The average molecular weight is 368 g/mol. The lowest BCUT2D eigenvalue weighted by Crippen LogP contribution is -2.45. The molecule has 0 unspecified atom stereocenters. The van der Waals surface area contributed by atoms with E-state index in [1.807, 2.05) is 0 Å². The van der Waals surface area contributed by atoms with E-state index in [0.29, 0.717) is 22.3 Å². The molecule has 121 valence electrons. The van der Waals surface area contributed by atoms with Gasteiger partial charge in [0, 0.05) is 16.6 Å². The molecular weight excluding hydrogens is 344 g/mol. The van der Waals surface area contributed by atoms with Crippen LogP contribution in [0.4, 0.5) is 5.69 Å². The molecule has 2 rings (SSSR count). The number of ether oxygens (including phenoxy) is 1. The molecule has 4 nitrogen and oxygen atoms in total. The van der Waals surface area contributed by atoms with Gasteiger partial charge in [0.25, 0.3) is 0 Å². The molecular formula is C17H24BrN2O2. The molecule has 3 N–H and O–H groups in total. The number of hydrogen-bond donors (Lipinski definition) is 2. The molecule has 1 aliphatic rings. The fraction of sp³-hybridized carbons (Fsp3) is 0.529. The van der Waals surface area contributed by atoms with Crippen molar-refractivity contribution in [3.05, 3.63) is 34.8 Å². The Balaban J connectivity index is 2.17. The number of nitrogens with one attached hydrogen (secondary N) is 1. The normalized spacial score (nSPS) is 17.2. The average Bonchev–Trinajstić information content (AvgIpc) is 2.56. The van der Waals surface area contributed by atoms with Gasteiger partial charge in [-0.1, -0.05) is 26.2 Å². The van der Waals surface area contributed by atoms with E-state index in [-0.39, 0.29) is 5.54 Å². The van der Waals surface area contributed by atoms with Crippen LogP contribution in [0.1, 0.15) is 61.4 Å². The van der Waals surface area contributed by atoms with Gasteiger partial charge in [0.05, 0.1) is 11.3 Å². The number of nitrogens with two attached hydrogens (primary N) is 1. The van der Waals surface area contributed by atoms with Crippen LogP contribution < -0.4 is 11.1 Å². The van der Waals surface area contributed by atoms with Crippen LogP contribution in [0.2, 0.25) is 0 Å². The molecule has 0 aliphatic heterocycles. The number of nitrogen functional groups attached to an aromatic ring is 1. The standard InChI is InChI=1S/C17H24BrN2O2/c1-3-17(7-5-4-6-8-17)20-11-13-9-12(16(21)22-2)10-14(18)15(13)19/h9-10,20H,2-8,11,19H2,1H3. The maximum absolute atomic E-state index is 11.7. The molecule has 0 spiro atoms. The maximum Gasteiger partial charge on any atom is 0.338 e. The Morgan fingerprint density at radius 2 is 2.09 bits per heavy atom. The first kappa shape index (κ1) is 17.3. The highest BCUT2D eigenvalue weighted by molar-refractivity contribution is 9.10. The van der Waals surface area contributed by atoms with Crippen molar-refractivity contribution >= 4 is 27.6 Å². The zero-order valence-electron chi connectivity index (χ0n) is 13.1. The Kier molecular flexibility index (Phi) is 5.87. The van der Waals surface area contributed by atoms with Crippen molar-refractivity contribution in [3.8, 4) is 0 Å². The number of halogens is 1. The Bertz CT molecular complexity index is 540. The van der Waals surface area contributed by atoms with Crippen LogP contribution in [0.5, 0.6) is 0 Å². The Morgan fingerprint density at radius 1 is 1.41 bits per heavy atom. The van der Waals surface area contributed by atoms with Crippen molar-refractivity contribution in [3.63, 3.8) is 0 Å². The van der Waals surface area contributed by atoms with Crippen LogP contribution in [0.3, 0.4) is 0 Å². The van der Waals surface area contributed by atoms with Gasteiger partial charge in [0.15, 0.2) is 0 Å². The van der Waals surface area contributed by atoms with Crippen molar-refractivity contribution in [1.82, 2.24) is 5.32 Å². The summed E-state index contributed by atoms with van der Waals surface area (Å²) < 4.78 is 5.26. The number of anilines is 1. The van der Waals surface area contributed by atoms with Crippen molar-refractivity contribution in [2.45, 2.75) is 57.5 Å². The van der Waals surface area contributed by atoms with Crippen molar-refractivity contribution in [2.75, 3.05) is 5.73 Å². The summed E-state index contributed by atoms with van der Waals surface area (Å²) in [5.74, 6) is -0.454. The van der Waals surface area contributed by atoms with Gasteiger partial charge in [-0.25, -0.2) is 4.79 Å². The second-order valence-electron chi connectivity index (χ2n) is 6.01. The second kappa shape index (κ2) is 7.47. The largest absolute Gasteiger partial charge is 0.458 e. The van der Waals surface area contributed by atoms with Gasteiger partial charge in [0.2, 0.25) is 0 Å². The molecule has 0 heterocycles. The Hall–Kier alpha value is -1.07. The number of benzene rings is 1. The van der Waals surface area contributed by atoms with Crippen LogP contribution in [-0.2, 0) is 11.3 Å². The quantitative estimate of drug-likeness (QED) is 0.605. The number of rotatable bonds is 5. The zero-order chi connectivity index (χ0) is 16.2. The van der Waals surface area contributed by atoms with E-state index in [4.69, 9.17) is 5.73 Å². The summed E-state index contributed by atoms with van der Waals surface area (Å²) in [6.07, 6.45) is 7.37. The van der Waals surface area contributed by atoms with Gasteiger partial charge >= 0.3 is 5.97 Å². The van der Waals surface area contributed by atoms with E-state index in [9.17, 15) is 4.79 Å². The summed E-state index contributed by atoms with van der Waals surface area (Å²) in [5, 5.41) is 3.68. The molecule has 1 saturated carbocycles. The molecule has 0 aromatic heterocycles. The SMILES string of the molecule is [CH2]OC(=O)c1cc(Br)c(N)c(CNC2(CC)CCCCC2)c1. The predicted molar refractivity (Wildman–Crippen MR) is 92.3 cm³/mol. The lowest BCUT2D eigenvalue weighted by molar-refractivity contribution is 0.0654. The topological polar surface area (TPSA) is 64.3 Å². The number of hydrogen-bond acceptors (Lipinski definition) is 4. The molecule has 0 bridgehead atoms. The molecule has 22 heavy (non-hydrogen) atoms. The highest BCUT2D eigenvalue weighted by Crippen LogP contribution is 2.32. The fourth-order valence-corrected chi connectivity index (χ4v) is 3.69. The van der Waals surface area contributed by atoms with E-state index in [1.54, 1.807) is 12.1 Å². The monoisotopic (exact) mass is 367 g/mol. The molecule has 0 saturated heterocycles. The lowest BCUT2D eigenvalue weighted by Gasteiger charge is -2.38. The third-order valence-corrected chi connectivity index (χ3v) is 5.38. The summed E-state index contributed by atoms with van der Waals surface area (Å²) in [4.78, 5) is 11.7. The fourth-order valence-electron chi connectivity index (χ4n) is 3.19. The van der Waals surface area contributed by atoms with E-state index < -0.39 is 5.97 Å². The third kappa shape index (κ3) is 3.82. The second-order valence-corrected chi connectivity index (χ2v) is 6.87. The van der Waals surface area contributed by atoms with E-state index >= 15 is 0 Å². The Labute approximate surface area is 140 Å². The van der Waals surface area contributed by atoms with Gasteiger partial charge in [-0.05, 0) is 52.9 Å². The van der Waals surface area contributed by atoms with Gasteiger partial charge in [0.1, 0.15) is 7.11 Å². The predicted octanol–water partition coefficient (Wildman–Crippen LogP) is 4.18. The van der Waals surface area contributed by atoms with E-state index in [0.717, 1.165) is 12.0 Å². The van der Waals surface area contributed by atoms with E-state index in [2.05, 4.69) is 40.0 Å². The van der Waals surface area contributed by atoms with Crippen LogP contribution in [0.15, 0.2) is 16.6 Å². The molecule has 1 aliphatic carbocycles. The molecule has 0 atom stereocenters. The van der Waals surface area contributed by atoms with E-state index in [1.165, 1.54) is 32.1 Å². The number of carbonyl (C=O) groups excluding carboxylic acids is 1. The molecule has 1 aromatic carbocycles. The van der Waals surface area contributed by atoms with Gasteiger partial charge < -0.3 is 15.8 Å². The smallest absolute Gasteiger partial charge is 0.338 e. The van der Waals surface area contributed by atoms with Gasteiger partial charge in [-0.2, -0.15) is 0 Å².